The first kappa shape index (κ1) is 22.4. The summed E-state index contributed by atoms with van der Waals surface area (Å²) in [6.07, 6.45) is -9.57. The lowest BCUT2D eigenvalue weighted by Crippen LogP contribution is -2.63. The maximum absolute atomic E-state index is 12.5. The van der Waals surface area contributed by atoms with E-state index in [1.54, 1.807) is 0 Å². The first-order valence-corrected chi connectivity index (χ1v) is 9.47. The Labute approximate surface area is 183 Å². The molecular weight excluding hydrogens is 444 g/mol. The number of phenolic OH excluding ortho intramolecular Hbond substituents is 3. The van der Waals surface area contributed by atoms with Crippen LogP contribution in [0.15, 0.2) is 45.6 Å². The number of aliphatic hydroxyl groups excluding tert-OH is 3. The van der Waals surface area contributed by atoms with Gasteiger partial charge in [0.1, 0.15) is 52.6 Å². The SMILES string of the molecule is O=C([O-])[C@H]1O[C@@H](Oc2cc(O)c3c(=O)cc(-c4ccc(O)c(O)c4)oc3c2)[C@H](O)[C@@H](O)[C@@H]1O. The molecule has 174 valence electrons. The van der Waals surface area contributed by atoms with Gasteiger partial charge in [0.05, 0.1) is 5.97 Å². The van der Waals surface area contributed by atoms with Crippen LogP contribution in [-0.4, -0.2) is 67.3 Å². The number of fused-ring (bicyclic) bond motifs is 1. The van der Waals surface area contributed by atoms with Crippen LogP contribution in [0.5, 0.6) is 23.0 Å². The largest absolute Gasteiger partial charge is 0.547 e. The molecule has 0 bridgehead atoms. The number of aliphatic carboxylic acids is 1. The molecule has 4 rings (SSSR count). The number of carbonyl (C=O) groups excluding carboxylic acids is 1. The number of carboxylic acid groups (broad SMARTS) is 1. The molecule has 33 heavy (non-hydrogen) atoms. The summed E-state index contributed by atoms with van der Waals surface area (Å²) in [5.41, 5.74) is -0.593. The number of benzene rings is 2. The quantitative estimate of drug-likeness (QED) is 0.246. The third-order valence-electron chi connectivity index (χ3n) is 5.10. The molecule has 6 N–H and O–H groups in total. The summed E-state index contributed by atoms with van der Waals surface area (Å²) in [4.78, 5) is 23.7. The van der Waals surface area contributed by atoms with Gasteiger partial charge >= 0.3 is 0 Å². The number of hydrogen-bond donors (Lipinski definition) is 6. The predicted molar refractivity (Wildman–Crippen MR) is 105 cm³/mol. The number of rotatable bonds is 4. The molecule has 1 fully saturated rings. The van der Waals surface area contributed by atoms with Gasteiger partial charge in [-0.25, -0.2) is 0 Å². The second kappa shape index (κ2) is 8.26. The van der Waals surface area contributed by atoms with Gasteiger partial charge in [0.15, 0.2) is 16.9 Å². The van der Waals surface area contributed by atoms with Crippen molar-refractivity contribution in [3.8, 4) is 34.3 Å². The molecule has 0 spiro atoms. The molecule has 1 saturated heterocycles. The summed E-state index contributed by atoms with van der Waals surface area (Å²) in [6.45, 7) is 0. The zero-order valence-electron chi connectivity index (χ0n) is 16.5. The van der Waals surface area contributed by atoms with Crippen molar-refractivity contribution >= 4 is 16.9 Å². The Hall–Kier alpha value is -3.84. The highest BCUT2D eigenvalue weighted by Gasteiger charge is 2.45. The van der Waals surface area contributed by atoms with Gasteiger partial charge in [-0.2, -0.15) is 0 Å². The molecule has 1 aliphatic rings. The van der Waals surface area contributed by atoms with Gasteiger partial charge in [0.2, 0.25) is 6.29 Å². The average molecular weight is 461 g/mol. The summed E-state index contributed by atoms with van der Waals surface area (Å²) in [5.74, 6) is -3.53. The Morgan fingerprint density at radius 1 is 0.909 bits per heavy atom. The van der Waals surface area contributed by atoms with Gasteiger partial charge in [-0.1, -0.05) is 0 Å². The fourth-order valence-corrected chi connectivity index (χ4v) is 3.40. The van der Waals surface area contributed by atoms with Crippen molar-refractivity contribution in [3.05, 3.63) is 46.6 Å². The van der Waals surface area contributed by atoms with Crippen molar-refractivity contribution in [2.45, 2.75) is 30.7 Å². The van der Waals surface area contributed by atoms with Crippen LogP contribution in [-0.2, 0) is 9.53 Å². The van der Waals surface area contributed by atoms with Crippen molar-refractivity contribution in [2.24, 2.45) is 0 Å². The number of aliphatic hydroxyl groups is 3. The van der Waals surface area contributed by atoms with Gasteiger partial charge < -0.3 is 54.4 Å². The number of carbonyl (C=O) groups is 1. The number of phenols is 3. The fraction of sp³-hybridized carbons (Fsp3) is 0.238. The van der Waals surface area contributed by atoms with E-state index in [1.807, 2.05) is 0 Å². The second-order valence-electron chi connectivity index (χ2n) is 7.33. The Morgan fingerprint density at radius 2 is 1.64 bits per heavy atom. The predicted octanol–water partition coefficient (Wildman–Crippen LogP) is -1.49. The van der Waals surface area contributed by atoms with Crippen LogP contribution < -0.4 is 15.3 Å². The number of carboxylic acids is 1. The molecule has 12 heteroatoms. The maximum Gasteiger partial charge on any atom is 0.229 e. The Morgan fingerprint density at radius 3 is 2.30 bits per heavy atom. The lowest BCUT2D eigenvalue weighted by Gasteiger charge is -2.40. The summed E-state index contributed by atoms with van der Waals surface area (Å²) >= 11 is 0. The van der Waals surface area contributed by atoms with E-state index in [4.69, 9.17) is 13.9 Å². The molecule has 1 aliphatic heterocycles. The highest BCUT2D eigenvalue weighted by molar-refractivity contribution is 5.86. The van der Waals surface area contributed by atoms with Gasteiger partial charge in [-0.3, -0.25) is 4.79 Å². The van der Waals surface area contributed by atoms with E-state index in [0.717, 1.165) is 24.3 Å². The lowest BCUT2D eigenvalue weighted by atomic mass is 9.99. The van der Waals surface area contributed by atoms with Gasteiger partial charge in [0, 0.05) is 23.8 Å². The Kier molecular flexibility index (Phi) is 5.59. The van der Waals surface area contributed by atoms with Crippen molar-refractivity contribution in [1.29, 1.82) is 0 Å². The maximum atomic E-state index is 12.5. The van der Waals surface area contributed by atoms with E-state index >= 15 is 0 Å². The summed E-state index contributed by atoms with van der Waals surface area (Å²) in [6, 6.07) is 6.89. The van der Waals surface area contributed by atoms with E-state index < -0.39 is 53.6 Å². The molecule has 0 amide bonds. The van der Waals surface area contributed by atoms with Crippen LogP contribution in [0.3, 0.4) is 0 Å². The number of hydrogen-bond acceptors (Lipinski definition) is 12. The zero-order chi connectivity index (χ0) is 24.0. The monoisotopic (exact) mass is 461 g/mol. The molecule has 1 aromatic heterocycles. The fourth-order valence-electron chi connectivity index (χ4n) is 3.40. The van der Waals surface area contributed by atoms with E-state index in [1.165, 1.54) is 12.1 Å². The van der Waals surface area contributed by atoms with Crippen molar-refractivity contribution in [1.82, 2.24) is 0 Å². The van der Waals surface area contributed by atoms with Crippen LogP contribution in [0.25, 0.3) is 22.3 Å². The molecular formula is C21H17O12-. The summed E-state index contributed by atoms with van der Waals surface area (Å²) in [7, 11) is 0. The summed E-state index contributed by atoms with van der Waals surface area (Å²) in [5, 5.41) is 70.0. The van der Waals surface area contributed by atoms with Crippen LogP contribution >= 0.6 is 0 Å². The minimum Gasteiger partial charge on any atom is -0.547 e. The number of aromatic hydroxyl groups is 3. The van der Waals surface area contributed by atoms with Gasteiger partial charge in [-0.15, -0.1) is 0 Å². The molecule has 0 radical (unpaired) electrons. The molecule has 0 saturated carbocycles. The molecule has 5 atom stereocenters. The van der Waals surface area contributed by atoms with E-state index in [2.05, 4.69) is 0 Å². The third kappa shape index (κ3) is 4.03. The van der Waals surface area contributed by atoms with E-state index in [-0.39, 0.29) is 33.8 Å². The minimum absolute atomic E-state index is 0.0242. The molecule has 3 aromatic rings. The first-order chi connectivity index (χ1) is 15.6. The van der Waals surface area contributed by atoms with Gasteiger partial charge in [-0.05, 0) is 18.2 Å². The average Bonchev–Trinajstić information content (AvgIpc) is 2.75. The minimum atomic E-state index is -2.01. The zero-order valence-corrected chi connectivity index (χ0v) is 16.5. The smallest absolute Gasteiger partial charge is 0.229 e. The second-order valence-corrected chi connectivity index (χ2v) is 7.33. The molecule has 0 unspecified atom stereocenters. The van der Waals surface area contributed by atoms with Crippen molar-refractivity contribution in [3.63, 3.8) is 0 Å². The Balaban J connectivity index is 1.72. The van der Waals surface area contributed by atoms with Crippen LogP contribution in [0.4, 0.5) is 0 Å². The topological polar surface area (TPSA) is 210 Å². The normalized spacial score (nSPS) is 25.1. The van der Waals surface area contributed by atoms with E-state index in [9.17, 15) is 45.3 Å². The standard InChI is InChI=1S/C21H18O12/c22-9-2-1-7(3-10(9)23)13-6-12(25)15-11(24)4-8(5-14(15)32-13)31-21-18(28)16(26)17(27)19(33-21)20(29)30/h1-6,16-19,21-24,26-28H,(H,29,30)/p-1/t16-,17-,18+,19-,21+/m0/s1. The highest BCUT2D eigenvalue weighted by Crippen LogP contribution is 2.35. The Bertz CT molecular complexity index is 1280. The molecule has 12 nitrogen and oxygen atoms in total. The van der Waals surface area contributed by atoms with E-state index in [0.29, 0.717) is 0 Å². The molecule has 2 heterocycles. The highest BCUT2D eigenvalue weighted by atomic mass is 16.7. The van der Waals surface area contributed by atoms with Crippen molar-refractivity contribution in [2.75, 3.05) is 0 Å². The van der Waals surface area contributed by atoms with Crippen LogP contribution in [0.2, 0.25) is 0 Å². The van der Waals surface area contributed by atoms with Crippen molar-refractivity contribution < 1.29 is 54.4 Å². The number of ether oxygens (including phenoxy) is 2. The molecule has 2 aromatic carbocycles. The summed E-state index contributed by atoms with van der Waals surface area (Å²) < 4.78 is 15.9. The third-order valence-corrected chi connectivity index (χ3v) is 5.10. The lowest BCUT2D eigenvalue weighted by molar-refractivity contribution is -0.342. The molecule has 0 aliphatic carbocycles. The van der Waals surface area contributed by atoms with Crippen LogP contribution in [0.1, 0.15) is 0 Å². The van der Waals surface area contributed by atoms with Crippen LogP contribution in [0, 0.1) is 0 Å². The van der Waals surface area contributed by atoms with Gasteiger partial charge in [0.25, 0.3) is 0 Å². The first-order valence-electron chi connectivity index (χ1n) is 9.47.